The maximum Gasteiger partial charge on any atom is 0.184 e. The van der Waals surface area contributed by atoms with Crippen molar-refractivity contribution in [3.8, 4) is 0 Å². The van der Waals surface area contributed by atoms with Crippen molar-refractivity contribution in [2.24, 2.45) is 46.3 Å². The highest BCUT2D eigenvalue weighted by Gasteiger charge is 2.68. The first-order valence-electron chi connectivity index (χ1n) is 16.5. The van der Waals surface area contributed by atoms with Crippen molar-refractivity contribution in [1.82, 2.24) is 0 Å². The highest BCUT2D eigenvalue weighted by molar-refractivity contribution is 6.70. The minimum atomic E-state index is -1.83. The van der Waals surface area contributed by atoms with Crippen LogP contribution in [0.2, 0.25) is 39.3 Å². The summed E-state index contributed by atoms with van der Waals surface area (Å²) < 4.78 is 13.7. The molecule has 0 aliphatic heterocycles. The second-order valence-electron chi connectivity index (χ2n) is 17.3. The monoisotopic (exact) mass is 564 g/mol. The normalized spacial score (nSPS) is 44.4. The third-order valence-corrected chi connectivity index (χ3v) is 14.0. The molecule has 0 spiro atoms. The van der Waals surface area contributed by atoms with Crippen LogP contribution in [0.3, 0.4) is 0 Å². The largest absolute Gasteiger partial charge is 0.415 e. The molecule has 0 aromatic heterocycles. The molecule has 4 fully saturated rings. The van der Waals surface area contributed by atoms with Crippen LogP contribution >= 0.6 is 0 Å². The molecule has 0 unspecified atom stereocenters. The smallest absolute Gasteiger partial charge is 0.184 e. The predicted octanol–water partition coefficient (Wildman–Crippen LogP) is 9.27. The van der Waals surface area contributed by atoms with Gasteiger partial charge in [0.2, 0.25) is 0 Å². The van der Waals surface area contributed by atoms with Crippen LogP contribution < -0.4 is 0 Å². The van der Waals surface area contributed by atoms with E-state index in [0.717, 1.165) is 49.4 Å². The van der Waals surface area contributed by atoms with E-state index >= 15 is 0 Å². The molecule has 4 saturated carbocycles. The van der Waals surface area contributed by atoms with E-state index in [0.29, 0.717) is 17.3 Å². The van der Waals surface area contributed by atoms with Gasteiger partial charge < -0.3 is 14.0 Å². The fourth-order valence-electron chi connectivity index (χ4n) is 10.4. The van der Waals surface area contributed by atoms with Gasteiger partial charge in [0, 0.05) is 17.9 Å². The summed E-state index contributed by atoms with van der Waals surface area (Å²) in [5, 5.41) is 12.8. The Balaban J connectivity index is 1.60. The lowest BCUT2D eigenvalue weighted by Gasteiger charge is -2.67. The Morgan fingerprint density at radius 1 is 0.816 bits per heavy atom. The second kappa shape index (κ2) is 10.9. The SMILES string of the molecule is CC(C)CCC[C@@H](C)[C@H]1CC[C@H]2[C@@H]3C[C@H](O[Si](C)(C)C)[C@@]4(O)C[C@@H](O[Si](C)(C)C)CC[C@]4(C)[C@H]3CC[C@]12C. The van der Waals surface area contributed by atoms with Gasteiger partial charge in [0.1, 0.15) is 0 Å². The van der Waals surface area contributed by atoms with Gasteiger partial charge in [-0.15, -0.1) is 0 Å². The minimum Gasteiger partial charge on any atom is -0.415 e. The van der Waals surface area contributed by atoms with E-state index in [9.17, 15) is 5.11 Å². The Hall–Kier alpha value is 0.314. The predicted molar refractivity (Wildman–Crippen MR) is 166 cm³/mol. The van der Waals surface area contributed by atoms with Gasteiger partial charge in [-0.1, -0.05) is 53.9 Å². The zero-order chi connectivity index (χ0) is 28.3. The Morgan fingerprint density at radius 3 is 2.08 bits per heavy atom. The van der Waals surface area contributed by atoms with E-state index in [4.69, 9.17) is 8.85 Å². The van der Waals surface area contributed by atoms with Crippen molar-refractivity contribution in [1.29, 1.82) is 0 Å². The molecule has 10 atom stereocenters. The molecule has 4 rings (SSSR count). The average molecular weight is 565 g/mol. The molecule has 1 N–H and O–H groups in total. The molecular formula is C33H64O3Si2. The van der Waals surface area contributed by atoms with Crippen LogP contribution in [-0.4, -0.2) is 39.6 Å². The summed E-state index contributed by atoms with van der Waals surface area (Å²) >= 11 is 0. The van der Waals surface area contributed by atoms with Crippen molar-refractivity contribution >= 4 is 16.6 Å². The molecule has 5 heteroatoms. The molecule has 0 bridgehead atoms. The molecule has 222 valence electrons. The van der Waals surface area contributed by atoms with Gasteiger partial charge in [0.15, 0.2) is 16.6 Å². The maximum absolute atomic E-state index is 12.8. The first-order chi connectivity index (χ1) is 17.4. The molecule has 0 saturated heterocycles. The van der Waals surface area contributed by atoms with Gasteiger partial charge in [-0.2, -0.15) is 0 Å². The molecule has 0 amide bonds. The van der Waals surface area contributed by atoms with Gasteiger partial charge in [-0.05, 0) is 125 Å². The number of fused-ring (bicyclic) bond motifs is 5. The highest BCUT2D eigenvalue weighted by Crippen LogP contribution is 2.69. The van der Waals surface area contributed by atoms with Crippen LogP contribution in [-0.2, 0) is 8.85 Å². The third kappa shape index (κ3) is 5.94. The number of hydrogen-bond donors (Lipinski definition) is 1. The molecule has 0 aromatic rings. The van der Waals surface area contributed by atoms with E-state index in [1.54, 1.807) is 0 Å². The van der Waals surface area contributed by atoms with Crippen LogP contribution in [0, 0.1) is 46.3 Å². The summed E-state index contributed by atoms with van der Waals surface area (Å²) in [5.74, 6) is 4.63. The Kier molecular flexibility index (Phi) is 8.93. The Labute approximate surface area is 238 Å². The molecule has 4 aliphatic carbocycles. The average Bonchev–Trinajstić information content (AvgIpc) is 3.11. The molecule has 0 radical (unpaired) electrons. The molecule has 38 heavy (non-hydrogen) atoms. The van der Waals surface area contributed by atoms with Crippen molar-refractivity contribution in [2.75, 3.05) is 0 Å². The van der Waals surface area contributed by atoms with Crippen molar-refractivity contribution in [3.05, 3.63) is 0 Å². The van der Waals surface area contributed by atoms with Gasteiger partial charge >= 0.3 is 0 Å². The van der Waals surface area contributed by atoms with Gasteiger partial charge in [-0.25, -0.2) is 0 Å². The van der Waals surface area contributed by atoms with Crippen molar-refractivity contribution < 1.29 is 14.0 Å². The van der Waals surface area contributed by atoms with E-state index in [-0.39, 0.29) is 17.6 Å². The summed E-state index contributed by atoms with van der Waals surface area (Å²) in [6.45, 7) is 26.3. The first-order valence-corrected chi connectivity index (χ1v) is 23.3. The van der Waals surface area contributed by atoms with E-state index in [1.165, 1.54) is 44.9 Å². The van der Waals surface area contributed by atoms with Gasteiger partial charge in [-0.3, -0.25) is 0 Å². The summed E-state index contributed by atoms with van der Waals surface area (Å²) in [4.78, 5) is 0. The van der Waals surface area contributed by atoms with E-state index in [1.807, 2.05) is 0 Å². The fraction of sp³-hybridized carbons (Fsp3) is 1.00. The Bertz CT molecular complexity index is 818. The molecular weight excluding hydrogens is 501 g/mol. The summed E-state index contributed by atoms with van der Waals surface area (Å²) in [7, 11) is -3.49. The van der Waals surface area contributed by atoms with Gasteiger partial charge in [0.25, 0.3) is 0 Å². The van der Waals surface area contributed by atoms with Crippen LogP contribution in [0.15, 0.2) is 0 Å². The highest BCUT2D eigenvalue weighted by atomic mass is 28.4. The van der Waals surface area contributed by atoms with Crippen LogP contribution in [0.5, 0.6) is 0 Å². The maximum atomic E-state index is 12.8. The van der Waals surface area contributed by atoms with Crippen LogP contribution in [0.1, 0.15) is 105 Å². The quantitative estimate of drug-likeness (QED) is 0.284. The van der Waals surface area contributed by atoms with Crippen molar-refractivity contribution in [3.63, 3.8) is 0 Å². The van der Waals surface area contributed by atoms with Gasteiger partial charge in [0.05, 0.1) is 11.7 Å². The zero-order valence-electron chi connectivity index (χ0n) is 27.2. The minimum absolute atomic E-state index is 0.0432. The Morgan fingerprint density at radius 2 is 1.47 bits per heavy atom. The van der Waals surface area contributed by atoms with E-state index < -0.39 is 22.2 Å². The number of aliphatic hydroxyl groups is 1. The molecule has 0 heterocycles. The van der Waals surface area contributed by atoms with Crippen LogP contribution in [0.25, 0.3) is 0 Å². The lowest BCUT2D eigenvalue weighted by atomic mass is 9.42. The summed E-state index contributed by atoms with van der Waals surface area (Å²) in [5.41, 5.74) is -0.374. The van der Waals surface area contributed by atoms with Crippen molar-refractivity contribution in [2.45, 2.75) is 162 Å². The number of rotatable bonds is 9. The topological polar surface area (TPSA) is 38.7 Å². The molecule has 0 aromatic carbocycles. The zero-order valence-corrected chi connectivity index (χ0v) is 29.2. The summed E-state index contributed by atoms with van der Waals surface area (Å²) in [6, 6.07) is 0. The molecule has 3 nitrogen and oxygen atoms in total. The molecule has 4 aliphatic rings. The number of hydrogen-bond acceptors (Lipinski definition) is 3. The third-order valence-electron chi connectivity index (χ3n) is 12.0. The first kappa shape index (κ1) is 31.3. The lowest BCUT2D eigenvalue weighted by Crippen LogP contribution is -2.70. The van der Waals surface area contributed by atoms with E-state index in [2.05, 4.69) is 73.9 Å². The summed E-state index contributed by atoms with van der Waals surface area (Å²) in [6.07, 6.45) is 13.8. The fourth-order valence-corrected chi connectivity index (χ4v) is 12.8. The van der Waals surface area contributed by atoms with Crippen LogP contribution in [0.4, 0.5) is 0 Å². The second-order valence-corrected chi connectivity index (χ2v) is 26.2. The standard InChI is InChI=1S/C33H64O3Si2/c1-23(2)13-12-14-24(3)27-15-16-28-26-21-30(36-38(9,10)11)33(34)22-25(35-37(6,7)8)17-20-32(33,5)29(26)18-19-31(27,28)4/h23-30,34H,12-22H2,1-11H3/t24-,25+,26+,27-,28+,29+,30+,31-,32-,33+/m1/s1. The lowest BCUT2D eigenvalue weighted by molar-refractivity contribution is -0.259.